The summed E-state index contributed by atoms with van der Waals surface area (Å²) < 4.78 is 5.63. The van der Waals surface area contributed by atoms with Gasteiger partial charge in [-0.05, 0) is 38.0 Å². The van der Waals surface area contributed by atoms with Crippen LogP contribution in [0.15, 0.2) is 46.9 Å². The zero-order valence-electron chi connectivity index (χ0n) is 15.1. The van der Waals surface area contributed by atoms with Gasteiger partial charge in [0.05, 0.1) is 5.69 Å². The minimum absolute atomic E-state index is 0.0177. The van der Waals surface area contributed by atoms with E-state index < -0.39 is 0 Å². The van der Waals surface area contributed by atoms with Crippen molar-refractivity contribution in [2.45, 2.75) is 20.3 Å². The molecule has 0 aliphatic heterocycles. The maximum atomic E-state index is 13.0. The molecule has 6 heteroatoms. The first-order chi connectivity index (χ1) is 12.6. The van der Waals surface area contributed by atoms with Gasteiger partial charge in [-0.1, -0.05) is 30.3 Å². The molecule has 0 radical (unpaired) electrons. The summed E-state index contributed by atoms with van der Waals surface area (Å²) in [5.41, 5.74) is 7.66. The van der Waals surface area contributed by atoms with Crippen molar-refractivity contribution >= 4 is 17.2 Å². The highest BCUT2D eigenvalue weighted by atomic mass is 32.1. The summed E-state index contributed by atoms with van der Waals surface area (Å²) in [6.45, 7) is 5.34. The van der Waals surface area contributed by atoms with Gasteiger partial charge in [0, 0.05) is 19.6 Å². The second-order valence-electron chi connectivity index (χ2n) is 6.16. The lowest BCUT2D eigenvalue weighted by Gasteiger charge is -2.21. The molecular weight excluding hydrogens is 346 g/mol. The second kappa shape index (κ2) is 8.29. The van der Waals surface area contributed by atoms with Crippen molar-refractivity contribution in [3.8, 4) is 10.8 Å². The van der Waals surface area contributed by atoms with Gasteiger partial charge in [-0.2, -0.15) is 0 Å². The first-order valence-electron chi connectivity index (χ1n) is 8.66. The minimum Gasteiger partial charge on any atom is -0.459 e. The van der Waals surface area contributed by atoms with E-state index in [2.05, 4.69) is 17.1 Å². The molecule has 0 spiro atoms. The van der Waals surface area contributed by atoms with Gasteiger partial charge >= 0.3 is 0 Å². The summed E-state index contributed by atoms with van der Waals surface area (Å²) >= 11 is 1.37. The van der Waals surface area contributed by atoms with Crippen LogP contribution in [0.4, 0.5) is 0 Å². The van der Waals surface area contributed by atoms with E-state index in [0.717, 1.165) is 22.9 Å². The second-order valence-corrected chi connectivity index (χ2v) is 7.16. The zero-order chi connectivity index (χ0) is 18.5. The highest BCUT2D eigenvalue weighted by Crippen LogP contribution is 2.30. The summed E-state index contributed by atoms with van der Waals surface area (Å²) in [7, 11) is 0. The van der Waals surface area contributed by atoms with Crippen molar-refractivity contribution in [2.24, 2.45) is 5.73 Å². The lowest BCUT2D eigenvalue weighted by Crippen LogP contribution is -2.36. The number of carbonyl (C=O) groups is 1. The van der Waals surface area contributed by atoms with Crippen molar-refractivity contribution in [1.82, 2.24) is 9.88 Å². The van der Waals surface area contributed by atoms with Crippen LogP contribution in [0.2, 0.25) is 0 Å². The van der Waals surface area contributed by atoms with E-state index in [9.17, 15) is 4.79 Å². The summed E-state index contributed by atoms with van der Waals surface area (Å²) in [6.07, 6.45) is 0.800. The molecule has 0 atom stereocenters. The zero-order valence-corrected chi connectivity index (χ0v) is 15.9. The molecule has 1 amide bonds. The van der Waals surface area contributed by atoms with Crippen molar-refractivity contribution in [2.75, 3.05) is 19.6 Å². The lowest BCUT2D eigenvalue weighted by atomic mass is 10.1. The van der Waals surface area contributed by atoms with Crippen LogP contribution in [-0.2, 0) is 6.42 Å². The number of nitrogens with two attached hydrogens (primary N) is 1. The van der Waals surface area contributed by atoms with E-state index in [1.54, 1.807) is 0 Å². The van der Waals surface area contributed by atoms with Gasteiger partial charge in [-0.15, -0.1) is 11.3 Å². The Hall–Kier alpha value is -2.44. The maximum absolute atomic E-state index is 13.0. The van der Waals surface area contributed by atoms with Crippen LogP contribution < -0.4 is 5.73 Å². The number of furan rings is 1. The normalized spacial score (nSPS) is 10.9. The molecule has 26 heavy (non-hydrogen) atoms. The molecule has 0 fully saturated rings. The topological polar surface area (TPSA) is 72.4 Å². The number of hydrogen-bond acceptors (Lipinski definition) is 5. The molecule has 3 rings (SSSR count). The number of benzene rings is 1. The largest absolute Gasteiger partial charge is 0.459 e. The highest BCUT2D eigenvalue weighted by molar-refractivity contribution is 7.17. The smallest absolute Gasteiger partial charge is 0.265 e. The van der Waals surface area contributed by atoms with Gasteiger partial charge in [0.2, 0.25) is 0 Å². The van der Waals surface area contributed by atoms with Gasteiger partial charge in [0.25, 0.3) is 5.91 Å². The van der Waals surface area contributed by atoms with Crippen LogP contribution in [0.5, 0.6) is 0 Å². The van der Waals surface area contributed by atoms with E-state index in [4.69, 9.17) is 10.2 Å². The Kier molecular flexibility index (Phi) is 5.85. The summed E-state index contributed by atoms with van der Waals surface area (Å²) in [4.78, 5) is 20.0. The van der Waals surface area contributed by atoms with Gasteiger partial charge in [-0.25, -0.2) is 4.98 Å². The van der Waals surface area contributed by atoms with Crippen molar-refractivity contribution in [3.05, 3.63) is 64.4 Å². The maximum Gasteiger partial charge on any atom is 0.265 e. The molecule has 3 aromatic rings. The molecule has 1 aromatic carbocycles. The average Bonchev–Trinajstić information content (AvgIpc) is 3.24. The fourth-order valence-electron chi connectivity index (χ4n) is 2.77. The molecule has 0 saturated carbocycles. The van der Waals surface area contributed by atoms with E-state index in [1.165, 1.54) is 16.9 Å². The van der Waals surface area contributed by atoms with Crippen LogP contribution in [0.25, 0.3) is 10.8 Å². The van der Waals surface area contributed by atoms with E-state index in [1.807, 2.05) is 49.1 Å². The Morgan fingerprint density at radius 3 is 2.58 bits per heavy atom. The third-order valence-electron chi connectivity index (χ3n) is 4.14. The molecule has 2 N–H and O–H groups in total. The SMILES string of the molecule is Cc1ccc(-c2nc(C)c(C(=O)N(CCN)CCc3ccccc3)s2)o1. The number of aromatic nitrogens is 1. The predicted octanol–water partition coefficient (Wildman–Crippen LogP) is 3.66. The van der Waals surface area contributed by atoms with Crippen LogP contribution in [0, 0.1) is 13.8 Å². The third kappa shape index (κ3) is 4.20. The third-order valence-corrected chi connectivity index (χ3v) is 5.30. The molecule has 0 unspecified atom stereocenters. The van der Waals surface area contributed by atoms with Gasteiger partial charge in [0.1, 0.15) is 10.6 Å². The summed E-state index contributed by atoms with van der Waals surface area (Å²) in [5.74, 6) is 1.51. The molecule has 0 saturated heterocycles. The molecular formula is C20H23N3O2S. The van der Waals surface area contributed by atoms with Crippen LogP contribution in [-0.4, -0.2) is 35.4 Å². The number of aryl methyl sites for hydroxylation is 2. The molecule has 2 heterocycles. The van der Waals surface area contributed by atoms with Crippen molar-refractivity contribution < 1.29 is 9.21 Å². The van der Waals surface area contributed by atoms with Crippen LogP contribution in [0.3, 0.4) is 0 Å². The Balaban J connectivity index is 1.77. The van der Waals surface area contributed by atoms with Crippen LogP contribution >= 0.6 is 11.3 Å². The quantitative estimate of drug-likeness (QED) is 0.690. The van der Waals surface area contributed by atoms with E-state index in [-0.39, 0.29) is 5.91 Å². The van der Waals surface area contributed by atoms with E-state index in [0.29, 0.717) is 30.3 Å². The van der Waals surface area contributed by atoms with Gasteiger partial charge in [-0.3, -0.25) is 4.79 Å². The molecule has 2 aromatic heterocycles. The Bertz CT molecular complexity index is 870. The standard InChI is InChI=1S/C20H23N3O2S/c1-14-8-9-17(25-14)19-22-15(2)18(26-19)20(24)23(13-11-21)12-10-16-6-4-3-5-7-16/h3-9H,10-13,21H2,1-2H3. The lowest BCUT2D eigenvalue weighted by molar-refractivity contribution is 0.0766. The number of carbonyl (C=O) groups excluding carboxylic acids is 1. The van der Waals surface area contributed by atoms with Crippen LogP contribution in [0.1, 0.15) is 26.7 Å². The number of hydrogen-bond donors (Lipinski definition) is 1. The number of amides is 1. The summed E-state index contributed by atoms with van der Waals surface area (Å²) in [5, 5.41) is 0.731. The fraction of sp³-hybridized carbons (Fsp3) is 0.300. The summed E-state index contributed by atoms with van der Waals surface area (Å²) in [6, 6.07) is 13.9. The first kappa shape index (κ1) is 18.4. The van der Waals surface area contributed by atoms with Crippen molar-refractivity contribution in [1.29, 1.82) is 0 Å². The predicted molar refractivity (Wildman–Crippen MR) is 104 cm³/mol. The Morgan fingerprint density at radius 2 is 1.92 bits per heavy atom. The molecule has 0 aliphatic rings. The van der Waals surface area contributed by atoms with Gasteiger partial charge in [0.15, 0.2) is 10.8 Å². The molecule has 0 bridgehead atoms. The first-order valence-corrected chi connectivity index (χ1v) is 9.47. The average molecular weight is 369 g/mol. The number of rotatable bonds is 7. The van der Waals surface area contributed by atoms with Crippen molar-refractivity contribution in [3.63, 3.8) is 0 Å². The fourth-order valence-corrected chi connectivity index (χ4v) is 3.77. The molecule has 0 aliphatic carbocycles. The van der Waals surface area contributed by atoms with E-state index >= 15 is 0 Å². The molecule has 136 valence electrons. The Labute approximate surface area is 157 Å². The number of nitrogens with zero attached hydrogens (tertiary/aromatic N) is 2. The minimum atomic E-state index is -0.0177. The number of thiazole rings is 1. The Morgan fingerprint density at radius 1 is 1.15 bits per heavy atom. The monoisotopic (exact) mass is 369 g/mol. The highest BCUT2D eigenvalue weighted by Gasteiger charge is 2.22. The molecule has 5 nitrogen and oxygen atoms in total. The van der Waals surface area contributed by atoms with Gasteiger partial charge < -0.3 is 15.1 Å².